The second-order valence-corrected chi connectivity index (χ2v) is 4.96. The molecule has 16 heavy (non-hydrogen) atoms. The first-order valence-electron chi connectivity index (χ1n) is 6.10. The number of hydrogen-bond acceptors (Lipinski definition) is 4. The summed E-state index contributed by atoms with van der Waals surface area (Å²) in [4.78, 5) is 11.1. The minimum absolute atomic E-state index is 0.0809. The summed E-state index contributed by atoms with van der Waals surface area (Å²) in [7, 11) is 0. The van der Waals surface area contributed by atoms with E-state index in [4.69, 9.17) is 4.74 Å². The predicted octanol–water partition coefficient (Wildman–Crippen LogP) is 1.08. The zero-order valence-electron chi connectivity index (χ0n) is 10.3. The smallest absolute Gasteiger partial charge is 0.308 e. The first-order valence-corrected chi connectivity index (χ1v) is 6.10. The SMILES string of the molecule is CCOC(=O)CC(O)CNCC1(C)CCC1. The number of aliphatic hydroxyl groups excluding tert-OH is 1. The Morgan fingerprint density at radius 3 is 2.75 bits per heavy atom. The summed E-state index contributed by atoms with van der Waals surface area (Å²) in [5.74, 6) is -0.327. The Bertz CT molecular complexity index is 226. The van der Waals surface area contributed by atoms with Crippen molar-refractivity contribution in [3.05, 3.63) is 0 Å². The third kappa shape index (κ3) is 4.49. The van der Waals surface area contributed by atoms with Gasteiger partial charge in [0.15, 0.2) is 0 Å². The number of carbonyl (C=O) groups is 1. The topological polar surface area (TPSA) is 58.6 Å². The van der Waals surface area contributed by atoms with Gasteiger partial charge in [0.05, 0.1) is 19.1 Å². The van der Waals surface area contributed by atoms with Crippen LogP contribution in [-0.4, -0.2) is 36.9 Å². The van der Waals surface area contributed by atoms with Crippen LogP contribution in [0.4, 0.5) is 0 Å². The van der Waals surface area contributed by atoms with Gasteiger partial charge in [0.2, 0.25) is 0 Å². The molecule has 94 valence electrons. The van der Waals surface area contributed by atoms with Crippen LogP contribution in [0.3, 0.4) is 0 Å². The van der Waals surface area contributed by atoms with Crippen LogP contribution in [0.1, 0.15) is 39.5 Å². The number of hydrogen-bond donors (Lipinski definition) is 2. The Morgan fingerprint density at radius 2 is 2.25 bits per heavy atom. The normalized spacial score (nSPS) is 19.9. The lowest BCUT2D eigenvalue weighted by atomic mass is 9.70. The second-order valence-electron chi connectivity index (χ2n) is 4.96. The van der Waals surface area contributed by atoms with Crippen molar-refractivity contribution in [2.75, 3.05) is 19.7 Å². The minimum Gasteiger partial charge on any atom is -0.466 e. The van der Waals surface area contributed by atoms with Crippen LogP contribution in [0.25, 0.3) is 0 Å². The highest BCUT2D eigenvalue weighted by Gasteiger charge is 2.31. The van der Waals surface area contributed by atoms with Crippen LogP contribution >= 0.6 is 0 Å². The van der Waals surface area contributed by atoms with Gasteiger partial charge in [-0.15, -0.1) is 0 Å². The summed E-state index contributed by atoms with van der Waals surface area (Å²) in [6, 6.07) is 0. The first kappa shape index (κ1) is 13.5. The van der Waals surface area contributed by atoms with E-state index in [0.29, 0.717) is 18.6 Å². The Balaban J connectivity index is 2.05. The molecule has 4 nitrogen and oxygen atoms in total. The van der Waals surface area contributed by atoms with E-state index in [1.807, 2.05) is 0 Å². The average molecular weight is 229 g/mol. The van der Waals surface area contributed by atoms with E-state index in [2.05, 4.69) is 12.2 Å². The molecule has 0 aromatic carbocycles. The highest BCUT2D eigenvalue weighted by molar-refractivity contribution is 5.69. The minimum atomic E-state index is -0.636. The van der Waals surface area contributed by atoms with Crippen molar-refractivity contribution in [3.8, 4) is 0 Å². The van der Waals surface area contributed by atoms with E-state index in [9.17, 15) is 9.90 Å². The Labute approximate surface area is 97.4 Å². The first-order chi connectivity index (χ1) is 7.56. The zero-order valence-corrected chi connectivity index (χ0v) is 10.3. The maximum Gasteiger partial charge on any atom is 0.308 e. The van der Waals surface area contributed by atoms with Crippen LogP contribution < -0.4 is 5.32 Å². The van der Waals surface area contributed by atoms with E-state index in [1.54, 1.807) is 6.92 Å². The lowest BCUT2D eigenvalue weighted by Crippen LogP contribution is -2.40. The molecule has 0 heterocycles. The molecular formula is C12H23NO3. The molecule has 1 saturated carbocycles. The number of esters is 1. The van der Waals surface area contributed by atoms with Gasteiger partial charge in [-0.25, -0.2) is 0 Å². The van der Waals surface area contributed by atoms with Gasteiger partial charge in [-0.2, -0.15) is 0 Å². The molecule has 4 heteroatoms. The van der Waals surface area contributed by atoms with E-state index in [-0.39, 0.29) is 12.4 Å². The van der Waals surface area contributed by atoms with Crippen LogP contribution in [-0.2, 0) is 9.53 Å². The molecule has 1 aliphatic rings. The maximum absolute atomic E-state index is 11.1. The Kier molecular flexibility index (Phi) is 5.22. The van der Waals surface area contributed by atoms with Crippen molar-refractivity contribution >= 4 is 5.97 Å². The predicted molar refractivity (Wildman–Crippen MR) is 62.1 cm³/mol. The highest BCUT2D eigenvalue weighted by Crippen LogP contribution is 2.39. The lowest BCUT2D eigenvalue weighted by Gasteiger charge is -2.38. The van der Waals surface area contributed by atoms with Gasteiger partial charge in [-0.05, 0) is 25.2 Å². The molecule has 0 radical (unpaired) electrons. The molecule has 1 aliphatic carbocycles. The van der Waals surface area contributed by atoms with Crippen molar-refractivity contribution in [3.63, 3.8) is 0 Å². The van der Waals surface area contributed by atoms with Gasteiger partial charge >= 0.3 is 5.97 Å². The summed E-state index contributed by atoms with van der Waals surface area (Å²) in [5.41, 5.74) is 0.406. The van der Waals surface area contributed by atoms with Gasteiger partial charge in [0, 0.05) is 13.1 Å². The number of nitrogens with one attached hydrogen (secondary N) is 1. The molecule has 0 bridgehead atoms. The number of aliphatic hydroxyl groups is 1. The number of rotatable bonds is 7. The van der Waals surface area contributed by atoms with Crippen molar-refractivity contribution in [2.24, 2.45) is 5.41 Å². The second kappa shape index (κ2) is 6.21. The van der Waals surface area contributed by atoms with Crippen LogP contribution in [0.5, 0.6) is 0 Å². The Morgan fingerprint density at radius 1 is 1.56 bits per heavy atom. The molecule has 1 rings (SSSR count). The van der Waals surface area contributed by atoms with Crippen LogP contribution in [0.15, 0.2) is 0 Å². The Hall–Kier alpha value is -0.610. The lowest BCUT2D eigenvalue weighted by molar-refractivity contribution is -0.145. The molecule has 0 aromatic rings. The zero-order chi connectivity index (χ0) is 12.0. The molecule has 0 aliphatic heterocycles. The van der Waals surface area contributed by atoms with E-state index in [0.717, 1.165) is 6.54 Å². The third-order valence-corrected chi connectivity index (χ3v) is 3.20. The van der Waals surface area contributed by atoms with E-state index >= 15 is 0 Å². The van der Waals surface area contributed by atoms with Gasteiger partial charge in [0.25, 0.3) is 0 Å². The van der Waals surface area contributed by atoms with Gasteiger partial charge in [0.1, 0.15) is 0 Å². The summed E-state index contributed by atoms with van der Waals surface area (Å²) in [6.07, 6.45) is 3.27. The standard InChI is InChI=1S/C12H23NO3/c1-3-16-11(15)7-10(14)8-13-9-12(2)5-4-6-12/h10,13-14H,3-9H2,1-2H3. The van der Waals surface area contributed by atoms with Gasteiger partial charge in [-0.1, -0.05) is 13.3 Å². The molecule has 1 unspecified atom stereocenters. The highest BCUT2D eigenvalue weighted by atomic mass is 16.5. The summed E-state index contributed by atoms with van der Waals surface area (Å²) in [6.45, 7) is 5.78. The fraction of sp³-hybridized carbons (Fsp3) is 0.917. The van der Waals surface area contributed by atoms with Crippen molar-refractivity contribution < 1.29 is 14.6 Å². The summed E-state index contributed by atoms with van der Waals surface area (Å²) >= 11 is 0. The average Bonchev–Trinajstić information content (AvgIpc) is 2.15. The van der Waals surface area contributed by atoms with E-state index < -0.39 is 6.10 Å². The molecule has 1 atom stereocenters. The fourth-order valence-corrected chi connectivity index (χ4v) is 1.98. The largest absolute Gasteiger partial charge is 0.466 e. The third-order valence-electron chi connectivity index (χ3n) is 3.20. The molecule has 0 spiro atoms. The van der Waals surface area contributed by atoms with Crippen LogP contribution in [0, 0.1) is 5.41 Å². The van der Waals surface area contributed by atoms with E-state index in [1.165, 1.54) is 19.3 Å². The molecule has 2 N–H and O–H groups in total. The van der Waals surface area contributed by atoms with Crippen molar-refractivity contribution in [2.45, 2.75) is 45.6 Å². The van der Waals surface area contributed by atoms with Gasteiger partial charge < -0.3 is 15.2 Å². The number of carbonyl (C=O) groups excluding carboxylic acids is 1. The molecule has 0 aromatic heterocycles. The summed E-state index contributed by atoms with van der Waals surface area (Å²) in [5, 5.41) is 12.8. The molecule has 0 saturated heterocycles. The van der Waals surface area contributed by atoms with Crippen LogP contribution in [0.2, 0.25) is 0 Å². The fourth-order valence-electron chi connectivity index (χ4n) is 1.98. The molecule has 0 amide bonds. The molecule has 1 fully saturated rings. The quantitative estimate of drug-likeness (QED) is 0.641. The van der Waals surface area contributed by atoms with Crippen molar-refractivity contribution in [1.29, 1.82) is 0 Å². The molecular weight excluding hydrogens is 206 g/mol. The van der Waals surface area contributed by atoms with Crippen molar-refractivity contribution in [1.82, 2.24) is 5.32 Å². The monoisotopic (exact) mass is 229 g/mol. The number of ether oxygens (including phenoxy) is 1. The van der Waals surface area contributed by atoms with Gasteiger partial charge in [-0.3, -0.25) is 4.79 Å². The maximum atomic E-state index is 11.1. The summed E-state index contributed by atoms with van der Waals surface area (Å²) < 4.78 is 4.77.